The van der Waals surface area contributed by atoms with E-state index in [2.05, 4.69) is 425 Å². The predicted octanol–water partition coefficient (Wildman–Crippen LogP) is 28.9. The van der Waals surface area contributed by atoms with E-state index in [9.17, 15) is 0 Å². The van der Waals surface area contributed by atoms with Gasteiger partial charge in [0.1, 0.15) is 0 Å². The molecular formula is C98H104N4. The lowest BCUT2D eigenvalue weighted by Gasteiger charge is -2.32. The van der Waals surface area contributed by atoms with E-state index in [-0.39, 0.29) is 21.7 Å². The number of hydrogen-bond donors (Lipinski definition) is 0. The minimum Gasteiger partial charge on any atom is -0.310 e. The molecule has 0 aliphatic carbocycles. The molecule has 13 aromatic carbocycles. The van der Waals surface area contributed by atoms with Crippen LogP contribution in [0.5, 0.6) is 0 Å². The van der Waals surface area contributed by atoms with E-state index >= 15 is 0 Å². The van der Waals surface area contributed by atoms with Crippen molar-refractivity contribution < 1.29 is 0 Å². The minimum absolute atomic E-state index is 0.0787. The summed E-state index contributed by atoms with van der Waals surface area (Å²) in [6, 6.07) is 99.4. The molecule has 4 nitrogen and oxygen atoms in total. The standard InChI is InChI=1S/C50H50N2.C48H54N2/c1-35-17-24-41(25-18-35)51(42-27-20-39(21-28-42)49(3,4)5)46-32-38-19-26-45(33-48(38)47(34-46)37-14-10-9-11-15-37)52(44-16-12-13-36(2)31-44)43-29-22-40(23-30-43)50(6,7)8;1-31-16-20-41(21-17-31)49(45-33(3)25-39(26-34(45)4)47(7,8)9)43-22-18-38-30-44(23-19-37(38)29-43)50(42-15-13-14-32(2)24-42)46-35(5)27-40(28-36(46)6)48(10,11)12/h9-34H,1-8H3;13-30H,1-12H3. The maximum atomic E-state index is 2.44. The summed E-state index contributed by atoms with van der Waals surface area (Å²) >= 11 is 0. The molecule has 0 fully saturated rings. The molecule has 0 aliphatic heterocycles. The molecule has 0 spiro atoms. The molecule has 13 aromatic rings. The van der Waals surface area contributed by atoms with Crippen molar-refractivity contribution in [2.45, 2.75) is 160 Å². The summed E-state index contributed by atoms with van der Waals surface area (Å²) in [5.74, 6) is 0. The normalized spacial score (nSPS) is 11.9. The first-order chi connectivity index (χ1) is 48.4. The van der Waals surface area contributed by atoms with Gasteiger partial charge in [-0.1, -0.05) is 240 Å². The van der Waals surface area contributed by atoms with Crippen molar-refractivity contribution in [2.24, 2.45) is 0 Å². The summed E-state index contributed by atoms with van der Waals surface area (Å²) in [6.45, 7) is 45.0. The van der Waals surface area contributed by atoms with Crippen molar-refractivity contribution in [3.63, 3.8) is 0 Å². The van der Waals surface area contributed by atoms with Crippen LogP contribution in [-0.2, 0) is 21.7 Å². The highest BCUT2D eigenvalue weighted by atomic mass is 15.2. The second-order valence-corrected chi connectivity index (χ2v) is 32.7. The quantitative estimate of drug-likeness (QED) is 0.114. The lowest BCUT2D eigenvalue weighted by molar-refractivity contribution is 0.589. The molecule has 516 valence electrons. The van der Waals surface area contributed by atoms with Crippen LogP contribution in [0.25, 0.3) is 32.7 Å². The Morgan fingerprint density at radius 3 is 0.912 bits per heavy atom. The van der Waals surface area contributed by atoms with Crippen LogP contribution in [0.1, 0.15) is 150 Å². The van der Waals surface area contributed by atoms with Gasteiger partial charge in [0.15, 0.2) is 0 Å². The van der Waals surface area contributed by atoms with E-state index in [1.807, 2.05) is 0 Å². The SMILES string of the molecule is Cc1ccc(N(c2ccc(C(C)(C)C)cc2)c2cc(-c3ccccc3)c3cc(N(c4ccc(C(C)(C)C)cc4)c4cccc(C)c4)ccc3c2)cc1.Cc1ccc(N(c2ccc3cc(N(c4cccc(C)c4)c4c(C)cc(C(C)(C)C)cc4C)ccc3c2)c2c(C)cc(C(C)(C)C)cc2C)cc1. The van der Waals surface area contributed by atoms with Crippen LogP contribution < -0.4 is 19.6 Å². The molecule has 0 N–H and O–H groups in total. The Labute approximate surface area is 610 Å². The second kappa shape index (κ2) is 28.5. The summed E-state index contributed by atoms with van der Waals surface area (Å²) in [5.41, 5.74) is 32.1. The van der Waals surface area contributed by atoms with Crippen LogP contribution in [0.4, 0.5) is 68.2 Å². The van der Waals surface area contributed by atoms with Gasteiger partial charge in [-0.05, 0) is 287 Å². The number of nitrogens with zero attached hydrogens (tertiary/aromatic N) is 4. The lowest BCUT2D eigenvalue weighted by atomic mass is 9.84. The van der Waals surface area contributed by atoms with Gasteiger partial charge < -0.3 is 19.6 Å². The third-order valence-electron chi connectivity index (χ3n) is 20.1. The Hall–Kier alpha value is -10.4. The third kappa shape index (κ3) is 15.6. The Morgan fingerprint density at radius 2 is 0.520 bits per heavy atom. The minimum atomic E-state index is 0.0787. The van der Waals surface area contributed by atoms with Gasteiger partial charge in [0, 0.05) is 56.9 Å². The summed E-state index contributed by atoms with van der Waals surface area (Å²) in [6.07, 6.45) is 0. The number of aryl methyl sites for hydroxylation is 8. The maximum absolute atomic E-state index is 2.44. The van der Waals surface area contributed by atoms with Gasteiger partial charge in [0.2, 0.25) is 0 Å². The molecule has 0 unspecified atom stereocenters. The molecule has 0 atom stereocenters. The first-order valence-electron chi connectivity index (χ1n) is 36.5. The van der Waals surface area contributed by atoms with E-state index in [0.717, 1.165) is 51.2 Å². The summed E-state index contributed by atoms with van der Waals surface area (Å²) < 4.78 is 0. The van der Waals surface area contributed by atoms with Gasteiger partial charge in [-0.15, -0.1) is 0 Å². The molecule has 4 heteroatoms. The Balaban J connectivity index is 0.000000193. The zero-order valence-corrected chi connectivity index (χ0v) is 64.2. The summed E-state index contributed by atoms with van der Waals surface area (Å²) in [5, 5.41) is 4.83. The molecular weight excluding hydrogens is 1230 g/mol. The first kappa shape index (κ1) is 71.4. The molecule has 0 aromatic heterocycles. The van der Waals surface area contributed by atoms with Crippen molar-refractivity contribution in [1.29, 1.82) is 0 Å². The molecule has 0 heterocycles. The average molecular weight is 1340 g/mol. The highest BCUT2D eigenvalue weighted by Crippen LogP contribution is 2.48. The van der Waals surface area contributed by atoms with Crippen LogP contribution in [0.2, 0.25) is 0 Å². The summed E-state index contributed by atoms with van der Waals surface area (Å²) in [7, 11) is 0. The van der Waals surface area contributed by atoms with Gasteiger partial charge >= 0.3 is 0 Å². The highest BCUT2D eigenvalue weighted by molar-refractivity contribution is 6.03. The number of anilines is 12. The fourth-order valence-electron chi connectivity index (χ4n) is 14.3. The van der Waals surface area contributed by atoms with Crippen molar-refractivity contribution >= 4 is 89.8 Å². The van der Waals surface area contributed by atoms with Gasteiger partial charge in [-0.2, -0.15) is 0 Å². The fraction of sp³-hybridized carbons (Fsp3) is 0.245. The van der Waals surface area contributed by atoms with E-state index < -0.39 is 0 Å². The number of hydrogen-bond acceptors (Lipinski definition) is 4. The van der Waals surface area contributed by atoms with Gasteiger partial charge in [0.25, 0.3) is 0 Å². The molecule has 0 bridgehead atoms. The fourth-order valence-corrected chi connectivity index (χ4v) is 14.3. The smallest absolute Gasteiger partial charge is 0.0520 e. The van der Waals surface area contributed by atoms with Crippen LogP contribution in [0, 0.1) is 55.4 Å². The Morgan fingerprint density at radius 1 is 0.206 bits per heavy atom. The molecule has 0 radical (unpaired) electrons. The molecule has 0 aliphatic rings. The van der Waals surface area contributed by atoms with Gasteiger partial charge in [0.05, 0.1) is 11.4 Å². The Kier molecular flexibility index (Phi) is 20.0. The molecule has 0 amide bonds. The van der Waals surface area contributed by atoms with Crippen LogP contribution >= 0.6 is 0 Å². The van der Waals surface area contributed by atoms with Crippen molar-refractivity contribution in [1.82, 2.24) is 0 Å². The number of benzene rings is 13. The largest absolute Gasteiger partial charge is 0.310 e. The third-order valence-corrected chi connectivity index (χ3v) is 20.1. The van der Waals surface area contributed by atoms with E-state index in [1.54, 1.807) is 0 Å². The van der Waals surface area contributed by atoms with E-state index in [0.29, 0.717) is 0 Å². The second-order valence-electron chi connectivity index (χ2n) is 32.7. The van der Waals surface area contributed by atoms with Gasteiger partial charge in [-0.25, -0.2) is 0 Å². The van der Waals surface area contributed by atoms with Crippen molar-refractivity contribution in [2.75, 3.05) is 19.6 Å². The molecule has 102 heavy (non-hydrogen) atoms. The average Bonchev–Trinajstić information content (AvgIpc) is 0.766. The van der Waals surface area contributed by atoms with Gasteiger partial charge in [-0.3, -0.25) is 0 Å². The Bertz CT molecular complexity index is 5100. The maximum Gasteiger partial charge on any atom is 0.0520 e. The van der Waals surface area contributed by atoms with Crippen LogP contribution in [-0.4, -0.2) is 0 Å². The van der Waals surface area contributed by atoms with E-state index in [1.165, 1.54) is 116 Å². The number of fused-ring (bicyclic) bond motifs is 2. The number of rotatable bonds is 13. The molecule has 0 saturated carbocycles. The topological polar surface area (TPSA) is 13.0 Å². The molecule has 13 rings (SSSR count). The first-order valence-corrected chi connectivity index (χ1v) is 36.5. The van der Waals surface area contributed by atoms with Crippen molar-refractivity contribution in [3.8, 4) is 11.1 Å². The van der Waals surface area contributed by atoms with Crippen LogP contribution in [0.3, 0.4) is 0 Å². The molecule has 0 saturated heterocycles. The van der Waals surface area contributed by atoms with Crippen LogP contribution in [0.15, 0.2) is 267 Å². The zero-order chi connectivity index (χ0) is 72.7. The summed E-state index contributed by atoms with van der Waals surface area (Å²) in [4.78, 5) is 9.66. The zero-order valence-electron chi connectivity index (χ0n) is 64.2. The van der Waals surface area contributed by atoms with E-state index in [4.69, 9.17) is 0 Å². The van der Waals surface area contributed by atoms with Crippen molar-refractivity contribution in [3.05, 3.63) is 334 Å². The predicted molar refractivity (Wildman–Crippen MR) is 445 cm³/mol. The monoisotopic (exact) mass is 1340 g/mol. The highest BCUT2D eigenvalue weighted by Gasteiger charge is 2.27. The lowest BCUT2D eigenvalue weighted by Crippen LogP contribution is -2.17.